The Morgan fingerprint density at radius 3 is 1.73 bits per heavy atom. The standard InChI is InChI=1S/C18H14FN3O3.C11H9ClN2O.C6H5FN2O2/c1-25-18-5-3-2-4-14(18)16-10-13(20-11-21-16)8-12-6-7-15(19)17(9-12)22(23)24;1-15-10-5-3-2-4-8(10)9-6-11(12)14-7-13-9;7-5-2-1-4(8)3-6(5)9(10)11/h2-7,9-11H,8H2,1H3;2-7H,1H3;1-3H,8H2. The van der Waals surface area contributed by atoms with Gasteiger partial charge in [-0.05, 0) is 54.1 Å². The molecule has 4 aromatic carbocycles. The molecule has 0 atom stereocenters. The number of para-hydroxylation sites is 2. The maximum atomic E-state index is 13.4. The molecule has 0 radical (unpaired) electrons. The summed E-state index contributed by atoms with van der Waals surface area (Å²) in [4.78, 5) is 35.8. The van der Waals surface area contributed by atoms with Crippen molar-refractivity contribution in [1.29, 1.82) is 0 Å². The fourth-order valence-corrected chi connectivity index (χ4v) is 4.67. The second-order valence-corrected chi connectivity index (χ2v) is 10.6. The summed E-state index contributed by atoms with van der Waals surface area (Å²) in [5, 5.41) is 21.4. The van der Waals surface area contributed by atoms with Gasteiger partial charge in [0.05, 0.1) is 35.5 Å². The Hall–Kier alpha value is -6.61. The van der Waals surface area contributed by atoms with E-state index in [9.17, 15) is 29.0 Å². The molecule has 0 amide bonds. The highest BCUT2D eigenvalue weighted by molar-refractivity contribution is 6.29. The molecule has 6 aromatic rings. The van der Waals surface area contributed by atoms with E-state index in [0.29, 0.717) is 34.3 Å². The Morgan fingerprint density at radius 1 is 0.686 bits per heavy atom. The van der Waals surface area contributed by atoms with E-state index in [-0.39, 0.29) is 5.69 Å². The van der Waals surface area contributed by atoms with E-state index in [0.717, 1.165) is 40.8 Å². The number of nitrogen functional groups attached to an aromatic ring is 1. The summed E-state index contributed by atoms with van der Waals surface area (Å²) < 4.78 is 36.5. The van der Waals surface area contributed by atoms with Crippen LogP contribution in [0.15, 0.2) is 110 Å². The number of nitro benzene ring substituents is 2. The van der Waals surface area contributed by atoms with Crippen molar-refractivity contribution in [1.82, 2.24) is 19.9 Å². The molecule has 6 rings (SSSR count). The lowest BCUT2D eigenvalue weighted by molar-refractivity contribution is -0.387. The zero-order valence-corrected chi connectivity index (χ0v) is 27.7. The molecule has 2 N–H and O–H groups in total. The monoisotopic (exact) mass is 715 g/mol. The van der Waals surface area contributed by atoms with E-state index in [1.165, 1.54) is 30.9 Å². The number of ether oxygens (including phenoxy) is 2. The normalized spacial score (nSPS) is 10.1. The van der Waals surface area contributed by atoms with Crippen molar-refractivity contribution in [2.24, 2.45) is 0 Å². The zero-order valence-electron chi connectivity index (χ0n) is 26.9. The van der Waals surface area contributed by atoms with Crippen LogP contribution in [0.25, 0.3) is 22.5 Å². The minimum Gasteiger partial charge on any atom is -0.496 e. The Balaban J connectivity index is 0.000000190. The average Bonchev–Trinajstić information content (AvgIpc) is 3.14. The number of rotatable bonds is 8. The molecule has 2 aromatic heterocycles. The molecule has 260 valence electrons. The number of anilines is 1. The second kappa shape index (κ2) is 17.7. The van der Waals surface area contributed by atoms with E-state index in [1.807, 2.05) is 48.5 Å². The van der Waals surface area contributed by atoms with E-state index in [4.69, 9.17) is 26.8 Å². The fourth-order valence-electron chi connectivity index (χ4n) is 4.52. The molecule has 0 aliphatic carbocycles. The van der Waals surface area contributed by atoms with Crippen LogP contribution in [0.1, 0.15) is 11.3 Å². The van der Waals surface area contributed by atoms with Gasteiger partial charge in [0, 0.05) is 47.1 Å². The number of halogens is 3. The highest BCUT2D eigenvalue weighted by Crippen LogP contribution is 2.30. The molecule has 16 heteroatoms. The maximum absolute atomic E-state index is 13.4. The van der Waals surface area contributed by atoms with Crippen molar-refractivity contribution in [2.45, 2.75) is 6.42 Å². The van der Waals surface area contributed by atoms with Gasteiger partial charge in [-0.15, -0.1) is 0 Å². The van der Waals surface area contributed by atoms with Crippen LogP contribution >= 0.6 is 11.6 Å². The lowest BCUT2D eigenvalue weighted by Gasteiger charge is -2.08. The maximum Gasteiger partial charge on any atom is 0.306 e. The molecular weight excluding hydrogens is 688 g/mol. The summed E-state index contributed by atoms with van der Waals surface area (Å²) in [6.45, 7) is 0. The average molecular weight is 716 g/mol. The first-order valence-corrected chi connectivity index (χ1v) is 15.1. The highest BCUT2D eigenvalue weighted by atomic mass is 35.5. The van der Waals surface area contributed by atoms with Gasteiger partial charge >= 0.3 is 11.4 Å². The number of hydrogen-bond donors (Lipinski definition) is 1. The van der Waals surface area contributed by atoms with Crippen LogP contribution in [0, 0.1) is 31.9 Å². The van der Waals surface area contributed by atoms with E-state index in [1.54, 1.807) is 26.4 Å². The van der Waals surface area contributed by atoms with Gasteiger partial charge in [0.15, 0.2) is 0 Å². The van der Waals surface area contributed by atoms with Gasteiger partial charge in [-0.3, -0.25) is 20.2 Å². The third kappa shape index (κ3) is 10.2. The molecule has 0 bridgehead atoms. The number of hydrogen-bond acceptors (Lipinski definition) is 11. The van der Waals surface area contributed by atoms with Gasteiger partial charge in [0.1, 0.15) is 29.3 Å². The first-order chi connectivity index (χ1) is 24.5. The largest absolute Gasteiger partial charge is 0.496 e. The molecule has 2 heterocycles. The number of nitrogens with zero attached hydrogens (tertiary/aromatic N) is 6. The summed E-state index contributed by atoms with van der Waals surface area (Å²) in [5.41, 5.74) is 8.66. The van der Waals surface area contributed by atoms with Gasteiger partial charge in [-0.25, -0.2) is 19.9 Å². The number of benzene rings is 4. The quantitative estimate of drug-likeness (QED) is 0.0699. The van der Waals surface area contributed by atoms with Crippen molar-refractivity contribution >= 4 is 28.7 Å². The SMILES string of the molecule is COc1ccccc1-c1cc(Cc2ccc(F)c([N+](=O)[O-])c2)ncn1.COc1ccccc1-c1cc(Cl)ncn1.Nc1ccc(F)c([N+](=O)[O-])c1. The van der Waals surface area contributed by atoms with Crippen molar-refractivity contribution in [2.75, 3.05) is 20.0 Å². The Labute approximate surface area is 294 Å². The predicted molar refractivity (Wildman–Crippen MR) is 186 cm³/mol. The Bertz CT molecular complexity index is 2160. The minimum absolute atomic E-state index is 0.179. The molecule has 0 saturated carbocycles. The van der Waals surface area contributed by atoms with Gasteiger partial charge in [0.2, 0.25) is 11.6 Å². The number of aromatic nitrogens is 4. The van der Waals surface area contributed by atoms with Crippen molar-refractivity contribution in [3.63, 3.8) is 0 Å². The lowest BCUT2D eigenvalue weighted by atomic mass is 10.1. The molecule has 51 heavy (non-hydrogen) atoms. The molecular formula is C35H28ClF2N7O6. The zero-order chi connectivity index (χ0) is 36.9. The topological polar surface area (TPSA) is 182 Å². The van der Waals surface area contributed by atoms with Crippen LogP contribution in [-0.2, 0) is 6.42 Å². The minimum atomic E-state index is -0.871. The Morgan fingerprint density at radius 2 is 1.20 bits per heavy atom. The summed E-state index contributed by atoms with van der Waals surface area (Å²) >= 11 is 5.80. The smallest absolute Gasteiger partial charge is 0.306 e. The van der Waals surface area contributed by atoms with E-state index in [2.05, 4.69) is 19.9 Å². The van der Waals surface area contributed by atoms with Gasteiger partial charge in [-0.1, -0.05) is 41.9 Å². The molecule has 0 unspecified atom stereocenters. The van der Waals surface area contributed by atoms with Crippen molar-refractivity contribution in [3.8, 4) is 34.0 Å². The second-order valence-electron chi connectivity index (χ2n) is 10.2. The van der Waals surface area contributed by atoms with Gasteiger partial charge in [-0.2, -0.15) is 8.78 Å². The molecule has 0 saturated heterocycles. The van der Waals surface area contributed by atoms with E-state index < -0.39 is 32.9 Å². The third-order valence-electron chi connectivity index (χ3n) is 6.88. The van der Waals surface area contributed by atoms with Crippen LogP contribution in [-0.4, -0.2) is 44.0 Å². The van der Waals surface area contributed by atoms with Crippen LogP contribution in [0.2, 0.25) is 5.15 Å². The fraction of sp³-hybridized carbons (Fsp3) is 0.0857. The number of methoxy groups -OCH3 is 2. The van der Waals surface area contributed by atoms with Crippen LogP contribution in [0.3, 0.4) is 0 Å². The number of nitrogens with two attached hydrogens (primary N) is 1. The van der Waals surface area contributed by atoms with E-state index >= 15 is 0 Å². The van der Waals surface area contributed by atoms with Crippen molar-refractivity contribution < 1.29 is 28.1 Å². The Kier molecular flexibility index (Phi) is 12.9. The van der Waals surface area contributed by atoms with Crippen LogP contribution in [0.4, 0.5) is 25.8 Å². The number of nitro groups is 2. The summed E-state index contributed by atoms with van der Waals surface area (Å²) in [6.07, 6.45) is 3.19. The molecule has 0 aliphatic rings. The predicted octanol–water partition coefficient (Wildman–Crippen LogP) is 7.91. The highest BCUT2D eigenvalue weighted by Gasteiger charge is 2.16. The van der Waals surface area contributed by atoms with Crippen molar-refractivity contribution in [3.05, 3.63) is 158 Å². The molecule has 0 fully saturated rings. The van der Waals surface area contributed by atoms with Crippen LogP contribution < -0.4 is 15.2 Å². The summed E-state index contributed by atoms with van der Waals surface area (Å²) in [5.74, 6) is -0.271. The summed E-state index contributed by atoms with van der Waals surface area (Å²) in [6, 6.07) is 25.6. The van der Waals surface area contributed by atoms with Crippen LogP contribution in [0.5, 0.6) is 11.5 Å². The molecule has 0 aliphatic heterocycles. The first kappa shape index (κ1) is 37.2. The first-order valence-electron chi connectivity index (χ1n) is 14.7. The molecule has 13 nitrogen and oxygen atoms in total. The summed E-state index contributed by atoms with van der Waals surface area (Å²) in [7, 11) is 3.21. The van der Waals surface area contributed by atoms with Gasteiger partial charge < -0.3 is 15.2 Å². The lowest BCUT2D eigenvalue weighted by Crippen LogP contribution is -1.98. The molecule has 0 spiro atoms. The third-order valence-corrected chi connectivity index (χ3v) is 7.09. The van der Waals surface area contributed by atoms with Gasteiger partial charge in [0.25, 0.3) is 0 Å².